The molecule has 0 saturated heterocycles. The Balaban J connectivity index is 0.00000514. The molecule has 306 valence electrons. The van der Waals surface area contributed by atoms with Crippen LogP contribution in [0.3, 0.4) is 0 Å². The first-order valence-corrected chi connectivity index (χ1v) is 20.1. The molecule has 0 unspecified atom stereocenters. The quantitative estimate of drug-likeness (QED) is 0.119. The van der Waals surface area contributed by atoms with Crippen molar-refractivity contribution in [3.63, 3.8) is 0 Å². The summed E-state index contributed by atoms with van der Waals surface area (Å²) in [6.45, 7) is 0. The molecule has 0 amide bonds. The monoisotopic (exact) mass is 846 g/mol. The molecule has 0 radical (unpaired) electrons. The number of hydrogen-bond acceptors (Lipinski definition) is 6. The van der Waals surface area contributed by atoms with Crippen molar-refractivity contribution in [1.29, 1.82) is 0 Å². The van der Waals surface area contributed by atoms with E-state index < -0.39 is 0 Å². The standard InChI is InChI=1S/C52H46N4O4.Fe/c1-57-37-13-5-33(6-14-37)29-41-45-21-23-47(53-45)42(30-34-7-15-38(58-2)16-8-34)49-25-27-51(55-49)44(32-36-11-19-40(60-4)20-12-36)52-28-26-50(56-52)43(48-24-22-46(41)54-48)31-35-9-17-39(59-3)18-10-35;/h5-28,53-54H,29-32H2,1-4H3;. The summed E-state index contributed by atoms with van der Waals surface area (Å²) in [7, 11) is 6.77. The van der Waals surface area contributed by atoms with Gasteiger partial charge >= 0.3 is 0 Å². The Morgan fingerprint density at radius 2 is 0.574 bits per heavy atom. The number of aromatic amines is 2. The van der Waals surface area contributed by atoms with Crippen molar-refractivity contribution < 1.29 is 36.0 Å². The SMILES string of the molecule is COc1ccc(Cc2c3nc(c(Cc4ccc(OC)cc4)c4ccc([nH]4)c(Cc4ccc(OC)cc4)c4ccc([nH]4)c(Cc4ccc(OC)cc4)c4nc2C=C4)C=C3)cc1.[Fe]. The van der Waals surface area contributed by atoms with Crippen LogP contribution in [0, 0.1) is 0 Å². The molecule has 0 saturated carbocycles. The molecule has 0 fully saturated rings. The summed E-state index contributed by atoms with van der Waals surface area (Å²) in [6.07, 6.45) is 11.2. The van der Waals surface area contributed by atoms with Crippen molar-refractivity contribution in [2.45, 2.75) is 25.7 Å². The van der Waals surface area contributed by atoms with Gasteiger partial charge in [-0.15, -0.1) is 0 Å². The molecular weight excluding hydrogens is 800 g/mol. The predicted octanol–water partition coefficient (Wildman–Crippen LogP) is 11.1. The van der Waals surface area contributed by atoms with Crippen LogP contribution in [0.15, 0.2) is 121 Å². The fourth-order valence-electron chi connectivity index (χ4n) is 7.98. The molecule has 0 atom stereocenters. The van der Waals surface area contributed by atoms with E-state index in [1.54, 1.807) is 28.4 Å². The maximum absolute atomic E-state index is 5.50. The van der Waals surface area contributed by atoms with Crippen molar-refractivity contribution in [2.75, 3.05) is 28.4 Å². The summed E-state index contributed by atoms with van der Waals surface area (Å²) in [6, 6.07) is 41.8. The van der Waals surface area contributed by atoms with E-state index in [1.807, 2.05) is 48.5 Å². The van der Waals surface area contributed by atoms with Crippen molar-refractivity contribution in [2.24, 2.45) is 0 Å². The van der Waals surface area contributed by atoms with Crippen LogP contribution >= 0.6 is 0 Å². The van der Waals surface area contributed by atoms with Crippen molar-refractivity contribution >= 4 is 46.4 Å². The Hall–Kier alpha value is -6.80. The predicted molar refractivity (Wildman–Crippen MR) is 242 cm³/mol. The Morgan fingerprint density at radius 3 is 0.869 bits per heavy atom. The number of benzene rings is 4. The average Bonchev–Trinajstić information content (AvgIpc) is 4.15. The zero-order chi connectivity index (χ0) is 41.0. The van der Waals surface area contributed by atoms with Crippen LogP contribution in [-0.4, -0.2) is 48.4 Å². The molecule has 0 aliphatic carbocycles. The number of hydrogen-bond donors (Lipinski definition) is 2. The zero-order valence-corrected chi connectivity index (χ0v) is 35.7. The van der Waals surface area contributed by atoms with E-state index >= 15 is 0 Å². The van der Waals surface area contributed by atoms with Gasteiger partial charge in [-0.05, 0) is 119 Å². The van der Waals surface area contributed by atoms with Gasteiger partial charge in [-0.3, -0.25) is 0 Å². The Morgan fingerprint density at radius 1 is 0.328 bits per heavy atom. The first kappa shape index (κ1) is 41.0. The topological polar surface area (TPSA) is 94.3 Å². The number of H-pyrrole nitrogens is 2. The van der Waals surface area contributed by atoms with Gasteiger partial charge in [0.05, 0.1) is 51.2 Å². The first-order valence-electron chi connectivity index (χ1n) is 20.1. The maximum Gasteiger partial charge on any atom is 0.118 e. The molecule has 7 aromatic rings. The summed E-state index contributed by atoms with van der Waals surface area (Å²) in [4.78, 5) is 18.6. The average molecular weight is 847 g/mol. The van der Waals surface area contributed by atoms with E-state index in [1.165, 1.54) is 5.56 Å². The summed E-state index contributed by atoms with van der Waals surface area (Å²) in [5, 5.41) is 0. The largest absolute Gasteiger partial charge is 0.497 e. The third kappa shape index (κ3) is 8.90. The second-order valence-corrected chi connectivity index (χ2v) is 15.0. The smallest absolute Gasteiger partial charge is 0.118 e. The number of methoxy groups -OCH3 is 4. The van der Waals surface area contributed by atoms with Crippen molar-refractivity contribution in [3.05, 3.63) is 189 Å². The molecule has 4 aromatic carbocycles. The molecule has 2 N–H and O–H groups in total. The van der Waals surface area contributed by atoms with Gasteiger partial charge in [0.1, 0.15) is 23.0 Å². The molecule has 61 heavy (non-hydrogen) atoms. The molecule has 3 aromatic heterocycles. The van der Waals surface area contributed by atoms with Gasteiger partial charge in [-0.1, -0.05) is 48.5 Å². The van der Waals surface area contributed by atoms with Gasteiger partial charge in [-0.2, -0.15) is 0 Å². The molecule has 5 heterocycles. The molecule has 0 spiro atoms. The third-order valence-electron chi connectivity index (χ3n) is 11.3. The van der Waals surface area contributed by atoms with E-state index in [-0.39, 0.29) is 17.1 Å². The Labute approximate surface area is 366 Å². The number of nitrogens with one attached hydrogen (secondary N) is 2. The van der Waals surface area contributed by atoms with Gasteiger partial charge < -0.3 is 28.9 Å². The van der Waals surface area contributed by atoms with E-state index in [2.05, 4.69) is 107 Å². The van der Waals surface area contributed by atoms with E-state index in [0.717, 1.165) is 107 Å². The number of ether oxygens (including phenoxy) is 4. The maximum atomic E-state index is 5.50. The first-order chi connectivity index (χ1) is 29.5. The van der Waals surface area contributed by atoms with E-state index in [9.17, 15) is 0 Å². The molecule has 9 rings (SSSR count). The third-order valence-corrected chi connectivity index (χ3v) is 11.3. The fourth-order valence-corrected chi connectivity index (χ4v) is 7.98. The van der Waals surface area contributed by atoms with Gasteiger partial charge in [0, 0.05) is 87.1 Å². The van der Waals surface area contributed by atoms with Crippen LogP contribution < -0.4 is 18.9 Å². The number of aromatic nitrogens is 4. The van der Waals surface area contributed by atoms with Crippen LogP contribution in [0.5, 0.6) is 23.0 Å². The van der Waals surface area contributed by atoms with E-state index in [0.29, 0.717) is 25.7 Å². The molecule has 2 aliphatic rings. The minimum atomic E-state index is 0. The van der Waals surface area contributed by atoms with Crippen LogP contribution in [0.25, 0.3) is 46.4 Å². The minimum Gasteiger partial charge on any atom is -0.497 e. The van der Waals surface area contributed by atoms with Gasteiger partial charge in [0.15, 0.2) is 0 Å². The second-order valence-electron chi connectivity index (χ2n) is 15.0. The van der Waals surface area contributed by atoms with Crippen LogP contribution in [0.4, 0.5) is 0 Å². The van der Waals surface area contributed by atoms with Gasteiger partial charge in [-0.25, -0.2) is 9.97 Å². The Bertz CT molecular complexity index is 2750. The number of nitrogens with zero attached hydrogens (tertiary/aromatic N) is 2. The summed E-state index contributed by atoms with van der Waals surface area (Å²) >= 11 is 0. The normalized spacial score (nSPS) is 11.6. The van der Waals surface area contributed by atoms with Crippen molar-refractivity contribution in [1.82, 2.24) is 19.9 Å². The van der Waals surface area contributed by atoms with Gasteiger partial charge in [0.25, 0.3) is 0 Å². The van der Waals surface area contributed by atoms with Crippen LogP contribution in [0.1, 0.15) is 67.3 Å². The fraction of sp³-hybridized carbons (Fsp3) is 0.154. The van der Waals surface area contributed by atoms with Crippen LogP contribution in [0.2, 0.25) is 0 Å². The van der Waals surface area contributed by atoms with E-state index in [4.69, 9.17) is 28.9 Å². The molecule has 8 bridgehead atoms. The van der Waals surface area contributed by atoms with Crippen molar-refractivity contribution in [3.8, 4) is 23.0 Å². The minimum absolute atomic E-state index is 0. The molecule has 8 nitrogen and oxygen atoms in total. The molecule has 9 heteroatoms. The molecule has 2 aliphatic heterocycles. The number of rotatable bonds is 12. The summed E-state index contributed by atoms with van der Waals surface area (Å²) in [5.41, 5.74) is 16.7. The Kier molecular flexibility index (Phi) is 12.2. The van der Waals surface area contributed by atoms with Crippen LogP contribution in [-0.2, 0) is 42.8 Å². The molecular formula is C52H46FeN4O4. The summed E-state index contributed by atoms with van der Waals surface area (Å²) < 4.78 is 22.0. The van der Waals surface area contributed by atoms with Gasteiger partial charge in [0.2, 0.25) is 0 Å². The second kappa shape index (κ2) is 18.2. The summed E-state index contributed by atoms with van der Waals surface area (Å²) in [5.74, 6) is 3.29. The zero-order valence-electron chi connectivity index (χ0n) is 34.6. The number of fused-ring (bicyclic) bond motifs is 8.